The average Bonchev–Trinajstić information content (AvgIpc) is 1.57. The average molecular weight is 1660 g/mol. The lowest BCUT2D eigenvalue weighted by Gasteiger charge is -2.30. The Kier molecular flexibility index (Phi) is 20.5. The van der Waals surface area contributed by atoms with Gasteiger partial charge >= 0.3 is 0 Å². The minimum absolute atomic E-state index is 0.240. The summed E-state index contributed by atoms with van der Waals surface area (Å²) in [4.78, 5) is 97.0. The van der Waals surface area contributed by atoms with Crippen molar-refractivity contribution in [3.05, 3.63) is 288 Å². The Morgan fingerprint density at radius 2 is 0.725 bits per heavy atom. The van der Waals surface area contributed by atoms with Crippen LogP contribution in [-0.4, -0.2) is 151 Å². The van der Waals surface area contributed by atoms with Crippen LogP contribution < -0.4 is 29.2 Å². The summed E-state index contributed by atoms with van der Waals surface area (Å²) in [6.07, 6.45) is 1.65. The summed E-state index contributed by atoms with van der Waals surface area (Å²) in [5, 5.41) is 68.3. The number of aryl methyl sites for hydroxylation is 6. The number of aliphatic hydroxyl groups is 5. The highest BCUT2D eigenvalue weighted by Crippen LogP contribution is 2.47. The molecule has 1 aromatic heterocycles. The first-order valence-electron chi connectivity index (χ1n) is 39.4. The first kappa shape index (κ1) is 80.0. The summed E-state index contributed by atoms with van der Waals surface area (Å²) in [6.45, 7) is 14.3. The molecule has 10 aliphatic rings. The maximum atomic E-state index is 13.0. The summed E-state index contributed by atoms with van der Waals surface area (Å²) >= 11 is 13.9. The predicted octanol–water partition coefficient (Wildman–Crippen LogP) is 17.0. The van der Waals surface area contributed by atoms with Crippen LogP contribution in [0.1, 0.15) is 123 Å². The largest absolute Gasteiger partial charge is 0.497 e. The van der Waals surface area contributed by atoms with Crippen LogP contribution in [0.25, 0.3) is 10.1 Å². The van der Waals surface area contributed by atoms with Crippen LogP contribution in [0, 0.1) is 52.9 Å². The molecule has 120 heavy (non-hydrogen) atoms. The van der Waals surface area contributed by atoms with E-state index in [0.717, 1.165) is 67.3 Å². The fraction of sp³-hybridized carbons (Fsp3) is 0.232. The number of ketones is 5. The van der Waals surface area contributed by atoms with Gasteiger partial charge in [0.05, 0.1) is 46.1 Å². The fourth-order valence-electron chi connectivity index (χ4n) is 17.0. The van der Waals surface area contributed by atoms with Gasteiger partial charge in [0, 0.05) is 131 Å². The number of aliphatic imine (C=N–C) groups is 5. The zero-order valence-electron chi connectivity index (χ0n) is 66.5. The first-order chi connectivity index (χ1) is 57.5. The molecule has 25 heteroatoms. The number of fused-ring (bicyclic) bond motifs is 11. The highest BCUT2D eigenvalue weighted by Gasteiger charge is 2.57. The van der Waals surface area contributed by atoms with Crippen molar-refractivity contribution >= 4 is 160 Å². The van der Waals surface area contributed by atoms with Gasteiger partial charge in [-0.3, -0.25) is 24.0 Å². The molecule has 11 heterocycles. The van der Waals surface area contributed by atoms with Gasteiger partial charge in [-0.25, -0.2) is 25.0 Å². The summed E-state index contributed by atoms with van der Waals surface area (Å²) in [7, 11) is 1.62. The van der Waals surface area contributed by atoms with E-state index in [1.165, 1.54) is 4.70 Å². The zero-order valence-corrected chi connectivity index (χ0v) is 68.9. The number of amidine groups is 5. The van der Waals surface area contributed by atoms with Crippen LogP contribution in [0.4, 0.5) is 56.9 Å². The molecule has 602 valence electrons. The molecule has 22 nitrogen and oxygen atoms in total. The van der Waals surface area contributed by atoms with Crippen molar-refractivity contribution in [3.8, 4) is 11.8 Å². The lowest BCUT2D eigenvalue weighted by Crippen LogP contribution is -2.48. The molecule has 5 N–H and O–H groups in total. The predicted molar refractivity (Wildman–Crippen MR) is 471 cm³/mol. The number of carbonyl (C=O) groups is 5. The zero-order chi connectivity index (χ0) is 84.2. The molecule has 0 radical (unpaired) electrons. The maximum absolute atomic E-state index is 13.0. The fourth-order valence-corrected chi connectivity index (χ4v) is 18.2. The number of hydrogen-bond acceptors (Lipinski definition) is 23. The third-order valence-electron chi connectivity index (χ3n) is 23.8. The lowest BCUT2D eigenvalue weighted by atomic mass is 9.86. The Morgan fingerprint density at radius 3 is 1.12 bits per heavy atom. The van der Waals surface area contributed by atoms with E-state index < -0.39 is 28.0 Å². The van der Waals surface area contributed by atoms with E-state index in [4.69, 9.17) is 33.2 Å². The second kappa shape index (κ2) is 30.7. The minimum Gasteiger partial charge on any atom is -0.497 e. The van der Waals surface area contributed by atoms with E-state index in [9.17, 15) is 49.5 Å². The van der Waals surface area contributed by atoms with Crippen LogP contribution in [0.3, 0.4) is 0 Å². The van der Waals surface area contributed by atoms with Gasteiger partial charge in [-0.2, -0.15) is 5.26 Å². The molecule has 0 bridgehead atoms. The van der Waals surface area contributed by atoms with Crippen LogP contribution in [0.5, 0.6) is 5.75 Å². The number of nitriles is 1. The summed E-state index contributed by atoms with van der Waals surface area (Å²) in [5.74, 6) is 1.44. The highest BCUT2D eigenvalue weighted by atomic mass is 35.5. The molecule has 0 spiro atoms. The van der Waals surface area contributed by atoms with Crippen LogP contribution in [0.2, 0.25) is 10.0 Å². The van der Waals surface area contributed by atoms with E-state index in [-0.39, 0.29) is 35.3 Å². The Labute approximate surface area is 705 Å². The number of para-hydroxylation sites is 1. The molecular formula is C95H81Cl2N11O11S. The molecule has 5 fully saturated rings. The normalized spacial score (nSPS) is 22.2. The molecule has 0 saturated carbocycles. The number of ether oxygens (including phenoxy) is 1. The number of methoxy groups -OCH3 is 1. The van der Waals surface area contributed by atoms with Crippen LogP contribution in [-0.2, 0) is 0 Å². The summed E-state index contributed by atoms with van der Waals surface area (Å²) in [6, 6.07) is 65.9. The second-order valence-corrected chi connectivity index (χ2v) is 33.4. The Balaban J connectivity index is 0.000000107. The number of Topliss-reactive ketones (excluding diaryl/α,β-unsaturated/α-hetero) is 5. The summed E-state index contributed by atoms with van der Waals surface area (Å²) < 4.78 is 6.40. The topological polar surface area (TPSA) is 298 Å². The van der Waals surface area contributed by atoms with Gasteiger partial charge in [-0.1, -0.05) is 94.0 Å². The first-order valence-corrected chi connectivity index (χ1v) is 41.0. The second-order valence-electron chi connectivity index (χ2n) is 31.6. The molecule has 21 rings (SSSR count). The minimum atomic E-state index is -1.62. The van der Waals surface area contributed by atoms with Crippen LogP contribution in [0.15, 0.2) is 237 Å². The van der Waals surface area contributed by atoms with Gasteiger partial charge in [0.2, 0.25) is 28.9 Å². The van der Waals surface area contributed by atoms with Crippen molar-refractivity contribution in [3.63, 3.8) is 0 Å². The Morgan fingerprint density at radius 1 is 0.375 bits per heavy atom. The van der Waals surface area contributed by atoms with E-state index in [1.54, 1.807) is 71.9 Å². The van der Waals surface area contributed by atoms with E-state index >= 15 is 0 Å². The number of nitrogens with zero attached hydrogens (tertiary/aromatic N) is 11. The van der Waals surface area contributed by atoms with Gasteiger partial charge in [-0.05, 0) is 221 Å². The molecule has 0 amide bonds. The molecule has 0 unspecified atom stereocenters. The number of benzene rings is 10. The quantitative estimate of drug-likeness (QED) is 0.103. The standard InChI is InChI=1S/C20H16N2O2S.C19H14ClN3O2.C19H17ClN2O2.C19H18N2O3.C18H16N2O2/c1-12-2-4-16-15(10-12)18(23)20(24)7-8-22(19(20)21-16)14-3-5-17-13(11-14)6-9-25-17;1-11-2-5-16-14(8-11)17(24)19(25)6-7-23(18(19)22-16)13-4-3-12(10-21)15(20)9-13;1-11-8-15-16(9-12(11)2)21-18-19(24,17(15)23)6-7-22(18)14-5-3-4-13(20)10-14;1-12-3-8-16-15(11-12)17(22)19(23)9-10-21(18(19)20-16)13-4-6-14(24-2)7-5-13;1-12-7-8-15-14(11-12)16(21)18(22)9-10-20(17(18)19-15)13-5-3-2-4-6-13/h2-6,9-11,24H,7-8H2,1H3;2-5,8-9,25H,6-7H2,1H3;3-5,8-10,24H,6-7H2,1-2H3;3-8,11,23H,9-10H2,1-2H3;2-8,11,22H,9-10H2,1H3/t20-;3*19-;18-/m11111/s1. The smallest absolute Gasteiger partial charge is 0.204 e. The van der Waals surface area contributed by atoms with E-state index in [2.05, 4.69) is 48.5 Å². The van der Waals surface area contributed by atoms with Crippen molar-refractivity contribution in [2.75, 3.05) is 64.3 Å². The van der Waals surface area contributed by atoms with E-state index in [1.807, 2.05) is 207 Å². The van der Waals surface area contributed by atoms with Gasteiger partial charge in [0.25, 0.3) is 0 Å². The van der Waals surface area contributed by atoms with Gasteiger partial charge in [-0.15, -0.1) is 11.3 Å². The molecule has 5 atom stereocenters. The Bertz CT molecular complexity index is 6400. The number of anilines is 5. The van der Waals surface area contributed by atoms with Crippen molar-refractivity contribution in [2.24, 2.45) is 25.0 Å². The third-order valence-corrected chi connectivity index (χ3v) is 25.2. The summed E-state index contributed by atoms with van der Waals surface area (Å²) in [5.41, 5.74) is 8.50. The molecule has 5 saturated heterocycles. The van der Waals surface area contributed by atoms with Crippen molar-refractivity contribution < 1.29 is 54.2 Å². The van der Waals surface area contributed by atoms with Gasteiger partial charge < -0.3 is 54.8 Å². The third kappa shape index (κ3) is 13.8. The van der Waals surface area contributed by atoms with Crippen molar-refractivity contribution in [1.82, 2.24) is 0 Å². The molecule has 11 aromatic rings. The maximum Gasteiger partial charge on any atom is 0.204 e. The van der Waals surface area contributed by atoms with Crippen LogP contribution >= 0.6 is 34.5 Å². The molecular weight excluding hydrogens is 1570 g/mol. The highest BCUT2D eigenvalue weighted by molar-refractivity contribution is 7.17. The number of thiophene rings is 1. The van der Waals surface area contributed by atoms with Crippen molar-refractivity contribution in [1.29, 1.82) is 5.26 Å². The van der Waals surface area contributed by atoms with E-state index in [0.29, 0.717) is 165 Å². The number of halogens is 2. The SMILES string of the molecule is COc1ccc(N2CC[C@@]3(O)C(=O)c4cc(C)ccc4N=C23)cc1.Cc1cc2c(cc1C)C(=O)[C@]1(O)CCN(c3cccc(Cl)c3)C1=N2.Cc1ccc2c(c1)C(=O)[C@]1(O)CCN(c3ccc(C#N)c(Cl)c3)C1=N2.Cc1ccc2c(c1)C(=O)[C@]1(O)CCN(c3ccc4sccc4c3)C1=N2.Cc1ccc2c(c1)C(=O)[C@]1(O)CCN(c3ccccc3)C1=N2. The number of rotatable bonds is 6. The van der Waals surface area contributed by atoms with Gasteiger partial charge in [0.1, 0.15) is 41.0 Å². The number of hydrogen-bond donors (Lipinski definition) is 5. The Hall–Kier alpha value is -12.5. The van der Waals surface area contributed by atoms with Crippen molar-refractivity contribution in [2.45, 2.75) is 102 Å². The lowest BCUT2D eigenvalue weighted by molar-refractivity contribution is 0.0600. The monoisotopic (exact) mass is 1650 g/mol. The van der Waals surface area contributed by atoms with Gasteiger partial charge in [0.15, 0.2) is 28.0 Å². The molecule has 0 aliphatic carbocycles. The molecule has 10 aliphatic heterocycles. The number of carbonyl (C=O) groups excluding carboxylic acids is 5. The molecule has 10 aromatic carbocycles.